The van der Waals surface area contributed by atoms with Crippen LogP contribution in [-0.4, -0.2) is 55.0 Å². The van der Waals surface area contributed by atoms with Crippen LogP contribution < -0.4 is 9.47 Å². The molecule has 1 atom stereocenters. The molecule has 1 aromatic carbocycles. The van der Waals surface area contributed by atoms with Crippen LogP contribution in [0.2, 0.25) is 0 Å². The molecule has 0 spiro atoms. The summed E-state index contributed by atoms with van der Waals surface area (Å²) in [5, 5.41) is 0. The van der Waals surface area contributed by atoms with Crippen LogP contribution >= 0.6 is 0 Å². The van der Waals surface area contributed by atoms with Crippen LogP contribution in [0.25, 0.3) is 0 Å². The van der Waals surface area contributed by atoms with E-state index in [4.69, 9.17) is 13.9 Å². The summed E-state index contributed by atoms with van der Waals surface area (Å²) in [5.74, 6) is 1.96. The first-order valence-electron chi connectivity index (χ1n) is 11.2. The number of nitrogens with zero attached hydrogens (tertiary/aromatic N) is 2. The van der Waals surface area contributed by atoms with Crippen molar-refractivity contribution in [2.75, 3.05) is 27.3 Å². The third-order valence-electron chi connectivity index (χ3n) is 5.61. The first kappa shape index (κ1) is 25.3. The van der Waals surface area contributed by atoms with Gasteiger partial charge in [-0.1, -0.05) is 19.9 Å². The van der Waals surface area contributed by atoms with E-state index >= 15 is 0 Å². The molecule has 0 aliphatic rings. The van der Waals surface area contributed by atoms with Crippen molar-refractivity contribution >= 4 is 11.8 Å². The molecule has 0 fully saturated rings. The van der Waals surface area contributed by atoms with Gasteiger partial charge in [0, 0.05) is 19.0 Å². The number of methoxy groups -OCH3 is 2. The minimum Gasteiger partial charge on any atom is -0.493 e. The maximum absolute atomic E-state index is 13.3. The molecule has 0 bridgehead atoms. The Bertz CT molecular complexity index is 850. The van der Waals surface area contributed by atoms with Gasteiger partial charge < -0.3 is 23.7 Å². The number of carbonyl (C=O) groups excluding carboxylic acids is 2. The van der Waals surface area contributed by atoms with Crippen molar-refractivity contribution in [1.29, 1.82) is 0 Å². The van der Waals surface area contributed by atoms with Gasteiger partial charge in [-0.15, -0.1) is 0 Å². The quantitative estimate of drug-likeness (QED) is 0.461. The summed E-state index contributed by atoms with van der Waals surface area (Å²) < 4.78 is 16.2. The zero-order valence-electron chi connectivity index (χ0n) is 19.9. The molecular formula is C25H36N2O5. The van der Waals surface area contributed by atoms with E-state index in [1.807, 2.05) is 51.1 Å². The van der Waals surface area contributed by atoms with E-state index < -0.39 is 0 Å². The molecule has 0 saturated carbocycles. The first-order chi connectivity index (χ1) is 15.4. The number of hydrogen-bond donors (Lipinski definition) is 0. The van der Waals surface area contributed by atoms with Crippen LogP contribution in [0.4, 0.5) is 0 Å². The van der Waals surface area contributed by atoms with E-state index in [1.165, 1.54) is 0 Å². The molecule has 0 radical (unpaired) electrons. The Labute approximate surface area is 191 Å². The van der Waals surface area contributed by atoms with Crippen molar-refractivity contribution < 1.29 is 23.5 Å². The minimum atomic E-state index is -0.0911. The lowest BCUT2D eigenvalue weighted by atomic mass is 10.1. The monoisotopic (exact) mass is 444 g/mol. The van der Waals surface area contributed by atoms with E-state index in [0.29, 0.717) is 43.2 Å². The van der Waals surface area contributed by atoms with Gasteiger partial charge in [0.1, 0.15) is 12.3 Å². The van der Waals surface area contributed by atoms with E-state index in [9.17, 15) is 9.59 Å². The molecule has 1 unspecified atom stereocenters. The van der Waals surface area contributed by atoms with Gasteiger partial charge in [-0.05, 0) is 56.0 Å². The van der Waals surface area contributed by atoms with Crippen LogP contribution in [0.3, 0.4) is 0 Å². The van der Waals surface area contributed by atoms with E-state index in [1.54, 1.807) is 30.3 Å². The van der Waals surface area contributed by atoms with Crippen molar-refractivity contribution in [3.63, 3.8) is 0 Å². The van der Waals surface area contributed by atoms with Gasteiger partial charge in [-0.3, -0.25) is 9.59 Å². The second-order valence-electron chi connectivity index (χ2n) is 7.86. The summed E-state index contributed by atoms with van der Waals surface area (Å²) in [6.45, 7) is 6.91. The van der Waals surface area contributed by atoms with E-state index in [2.05, 4.69) is 0 Å². The zero-order valence-corrected chi connectivity index (χ0v) is 19.9. The van der Waals surface area contributed by atoms with Crippen molar-refractivity contribution in [2.24, 2.45) is 0 Å². The molecule has 2 aromatic rings. The fourth-order valence-corrected chi connectivity index (χ4v) is 3.50. The fraction of sp³-hybridized carbons (Fsp3) is 0.520. The number of carbonyl (C=O) groups is 2. The fourth-order valence-electron chi connectivity index (χ4n) is 3.50. The predicted octanol–water partition coefficient (Wildman–Crippen LogP) is 4.30. The van der Waals surface area contributed by atoms with Crippen LogP contribution in [-0.2, 0) is 22.6 Å². The smallest absolute Gasteiger partial charge is 0.242 e. The van der Waals surface area contributed by atoms with Gasteiger partial charge in [-0.25, -0.2) is 0 Å². The summed E-state index contributed by atoms with van der Waals surface area (Å²) in [6, 6.07) is 9.42. The average molecular weight is 445 g/mol. The van der Waals surface area contributed by atoms with Crippen LogP contribution in [0, 0.1) is 0 Å². The van der Waals surface area contributed by atoms with E-state index in [0.717, 1.165) is 18.4 Å². The molecule has 7 nitrogen and oxygen atoms in total. The Hall–Kier alpha value is -2.96. The van der Waals surface area contributed by atoms with Crippen LogP contribution in [0.15, 0.2) is 41.0 Å². The number of rotatable bonds is 13. The molecule has 2 amide bonds. The summed E-state index contributed by atoms with van der Waals surface area (Å²) in [4.78, 5) is 29.4. The van der Waals surface area contributed by atoms with Gasteiger partial charge in [0.25, 0.3) is 0 Å². The van der Waals surface area contributed by atoms with Crippen molar-refractivity contribution in [1.82, 2.24) is 9.80 Å². The van der Waals surface area contributed by atoms with Gasteiger partial charge in [-0.2, -0.15) is 0 Å². The molecule has 7 heteroatoms. The Morgan fingerprint density at radius 3 is 2.41 bits per heavy atom. The Morgan fingerprint density at radius 1 is 1.06 bits per heavy atom. The highest BCUT2D eigenvalue weighted by Crippen LogP contribution is 2.27. The second kappa shape index (κ2) is 12.8. The normalized spacial score (nSPS) is 11.7. The first-order valence-corrected chi connectivity index (χ1v) is 11.2. The Morgan fingerprint density at radius 2 is 1.81 bits per heavy atom. The zero-order chi connectivity index (χ0) is 23.5. The maximum atomic E-state index is 13.3. The molecule has 1 heterocycles. The largest absolute Gasteiger partial charge is 0.493 e. The van der Waals surface area contributed by atoms with Crippen molar-refractivity contribution in [3.8, 4) is 11.5 Å². The summed E-state index contributed by atoms with van der Waals surface area (Å²) >= 11 is 0. The summed E-state index contributed by atoms with van der Waals surface area (Å²) in [5.41, 5.74) is 1.03. The van der Waals surface area contributed by atoms with Crippen LogP contribution in [0.1, 0.15) is 51.4 Å². The second-order valence-corrected chi connectivity index (χ2v) is 7.86. The lowest BCUT2D eigenvalue weighted by molar-refractivity contribution is -0.142. The lowest BCUT2D eigenvalue weighted by Crippen LogP contribution is -2.46. The average Bonchev–Trinajstić information content (AvgIpc) is 3.32. The van der Waals surface area contributed by atoms with Gasteiger partial charge in [0.05, 0.1) is 27.0 Å². The third kappa shape index (κ3) is 7.04. The molecule has 0 N–H and O–H groups in total. The standard InChI is InChI=1S/C25H36N2O5/c1-6-9-24(28)27(19(3)7-2)18-25(29)26(17-21-10-8-15-32-21)14-13-20-11-12-22(30-4)23(16-20)31-5/h8,10-12,15-16,19H,6-7,9,13-14,17-18H2,1-5H3. The highest BCUT2D eigenvalue weighted by atomic mass is 16.5. The Kier molecular flexibility index (Phi) is 10.1. The molecule has 2 rings (SSSR count). The molecular weight excluding hydrogens is 408 g/mol. The summed E-state index contributed by atoms with van der Waals surface area (Å²) in [6.07, 6.45) is 4.24. The maximum Gasteiger partial charge on any atom is 0.242 e. The molecule has 1 aromatic heterocycles. The van der Waals surface area contributed by atoms with Gasteiger partial charge in [0.2, 0.25) is 11.8 Å². The summed E-state index contributed by atoms with van der Waals surface area (Å²) in [7, 11) is 3.20. The number of furan rings is 1. The lowest BCUT2D eigenvalue weighted by Gasteiger charge is -2.31. The number of ether oxygens (including phenoxy) is 2. The van der Waals surface area contributed by atoms with Crippen molar-refractivity contribution in [3.05, 3.63) is 47.9 Å². The number of amides is 2. The molecule has 0 saturated heterocycles. The Balaban J connectivity index is 2.16. The topological polar surface area (TPSA) is 72.2 Å². The van der Waals surface area contributed by atoms with Gasteiger partial charge >= 0.3 is 0 Å². The van der Waals surface area contributed by atoms with Crippen molar-refractivity contribution in [2.45, 2.75) is 59.0 Å². The SMILES string of the molecule is CCCC(=O)N(CC(=O)N(CCc1ccc(OC)c(OC)c1)Cc1ccco1)C(C)CC. The molecule has 176 valence electrons. The minimum absolute atomic E-state index is 0.00862. The number of hydrogen-bond acceptors (Lipinski definition) is 5. The third-order valence-corrected chi connectivity index (χ3v) is 5.61. The highest BCUT2D eigenvalue weighted by Gasteiger charge is 2.24. The number of benzene rings is 1. The van der Waals surface area contributed by atoms with Crippen LogP contribution in [0.5, 0.6) is 11.5 Å². The van der Waals surface area contributed by atoms with E-state index in [-0.39, 0.29) is 24.4 Å². The highest BCUT2D eigenvalue weighted by molar-refractivity contribution is 5.85. The molecule has 0 aliphatic carbocycles. The van der Waals surface area contributed by atoms with Gasteiger partial charge in [0.15, 0.2) is 11.5 Å². The molecule has 0 aliphatic heterocycles. The molecule has 32 heavy (non-hydrogen) atoms. The predicted molar refractivity (Wildman–Crippen MR) is 124 cm³/mol.